The monoisotopic (exact) mass is 535 g/mol. The molecule has 1 unspecified atom stereocenters. The van der Waals surface area contributed by atoms with Crippen molar-refractivity contribution in [2.24, 2.45) is 4.99 Å². The summed E-state index contributed by atoms with van der Waals surface area (Å²) in [5.74, 6) is 0.278. The van der Waals surface area contributed by atoms with Gasteiger partial charge in [0, 0.05) is 6.07 Å². The minimum atomic E-state index is -0.874. The van der Waals surface area contributed by atoms with Crippen molar-refractivity contribution in [1.29, 1.82) is 0 Å². The first-order valence-electron chi connectivity index (χ1n) is 11.6. The van der Waals surface area contributed by atoms with Crippen molar-refractivity contribution < 1.29 is 23.9 Å². The molecule has 11 heteroatoms. The summed E-state index contributed by atoms with van der Waals surface area (Å²) in [7, 11) is 1.49. The third kappa shape index (κ3) is 5.00. The second-order valence-electron chi connectivity index (χ2n) is 8.13. The molecule has 0 fully saturated rings. The molecule has 0 spiro atoms. The molecule has 38 heavy (non-hydrogen) atoms. The van der Waals surface area contributed by atoms with Crippen LogP contribution in [0.3, 0.4) is 0 Å². The average molecular weight is 536 g/mol. The number of para-hydroxylation sites is 1. The zero-order valence-electron chi connectivity index (χ0n) is 21.0. The van der Waals surface area contributed by atoms with Crippen LogP contribution in [0.25, 0.3) is 6.08 Å². The van der Waals surface area contributed by atoms with E-state index in [1.807, 2.05) is 0 Å². The number of methoxy groups -OCH3 is 1. The van der Waals surface area contributed by atoms with E-state index in [-0.39, 0.29) is 34.6 Å². The number of ether oxygens (including phenoxy) is 3. The number of rotatable bonds is 9. The van der Waals surface area contributed by atoms with Gasteiger partial charge in [-0.15, -0.1) is 0 Å². The highest BCUT2D eigenvalue weighted by Crippen LogP contribution is 2.36. The van der Waals surface area contributed by atoms with Gasteiger partial charge in [0.15, 0.2) is 16.3 Å². The van der Waals surface area contributed by atoms with Gasteiger partial charge >= 0.3 is 5.97 Å². The average Bonchev–Trinajstić information content (AvgIpc) is 3.20. The number of allylic oxidation sites excluding steroid dienone is 1. The van der Waals surface area contributed by atoms with Crippen LogP contribution in [-0.2, 0) is 9.53 Å². The number of benzene rings is 2. The quantitative estimate of drug-likeness (QED) is 0.178. The molecular formula is C27H25N3O7S. The minimum Gasteiger partial charge on any atom is -0.493 e. The van der Waals surface area contributed by atoms with E-state index in [9.17, 15) is 19.7 Å². The Balaban J connectivity index is 1.96. The lowest BCUT2D eigenvalue weighted by Gasteiger charge is -2.25. The Bertz CT molecular complexity index is 1630. The molecule has 1 atom stereocenters. The molecule has 0 radical (unpaired) electrons. The minimum absolute atomic E-state index is 0.127. The number of carbonyl (C=O) groups is 1. The lowest BCUT2D eigenvalue weighted by atomic mass is 9.95. The number of hydrogen-bond acceptors (Lipinski definition) is 9. The van der Waals surface area contributed by atoms with Gasteiger partial charge < -0.3 is 14.2 Å². The maximum atomic E-state index is 13.7. The van der Waals surface area contributed by atoms with Gasteiger partial charge in [-0.25, -0.2) is 9.79 Å². The van der Waals surface area contributed by atoms with Crippen molar-refractivity contribution >= 4 is 29.1 Å². The van der Waals surface area contributed by atoms with Crippen LogP contribution in [-0.4, -0.2) is 35.8 Å². The molecule has 1 aliphatic rings. The van der Waals surface area contributed by atoms with E-state index in [1.165, 1.54) is 23.8 Å². The fraction of sp³-hybridized carbons (Fsp3) is 0.222. The Morgan fingerprint density at radius 3 is 2.71 bits per heavy atom. The smallest absolute Gasteiger partial charge is 0.338 e. The lowest BCUT2D eigenvalue weighted by Crippen LogP contribution is -2.40. The SMILES string of the molecule is C=CCOc1ccc(C2C(C(=O)OCC)=C(C)N=c3s/c(=C\c4ccccc4[N+](=O)[O-])c(=O)n32)cc1OC. The number of carbonyl (C=O) groups excluding carboxylic acids is 1. The molecule has 4 rings (SSSR count). The second kappa shape index (κ2) is 11.3. The number of nitro groups is 1. The van der Waals surface area contributed by atoms with Crippen LogP contribution >= 0.6 is 11.3 Å². The topological polar surface area (TPSA) is 122 Å². The molecule has 0 saturated carbocycles. The Kier molecular flexibility index (Phi) is 7.87. The van der Waals surface area contributed by atoms with Gasteiger partial charge in [-0.2, -0.15) is 0 Å². The van der Waals surface area contributed by atoms with Crippen molar-refractivity contribution in [2.45, 2.75) is 19.9 Å². The largest absolute Gasteiger partial charge is 0.493 e. The van der Waals surface area contributed by atoms with E-state index in [1.54, 1.807) is 56.3 Å². The summed E-state index contributed by atoms with van der Waals surface area (Å²) in [6.07, 6.45) is 3.07. The third-order valence-corrected chi connectivity index (χ3v) is 6.78. The van der Waals surface area contributed by atoms with E-state index < -0.39 is 22.5 Å². The van der Waals surface area contributed by atoms with Gasteiger partial charge in [-0.3, -0.25) is 19.5 Å². The Morgan fingerprint density at radius 2 is 2.03 bits per heavy atom. The number of fused-ring (bicyclic) bond motifs is 1. The highest BCUT2D eigenvalue weighted by atomic mass is 32.1. The molecule has 0 bridgehead atoms. The molecule has 1 aromatic heterocycles. The summed E-state index contributed by atoms with van der Waals surface area (Å²) in [4.78, 5) is 42.7. The fourth-order valence-corrected chi connectivity index (χ4v) is 5.18. The number of thiazole rings is 1. The van der Waals surface area contributed by atoms with Crippen LogP contribution in [0, 0.1) is 10.1 Å². The molecule has 10 nitrogen and oxygen atoms in total. The maximum Gasteiger partial charge on any atom is 0.338 e. The third-order valence-electron chi connectivity index (χ3n) is 5.80. The zero-order chi connectivity index (χ0) is 27.4. The highest BCUT2D eigenvalue weighted by Gasteiger charge is 2.34. The molecule has 2 aromatic carbocycles. The Morgan fingerprint density at radius 1 is 1.26 bits per heavy atom. The number of nitro benzene ring substituents is 1. The maximum absolute atomic E-state index is 13.7. The summed E-state index contributed by atoms with van der Waals surface area (Å²) in [5.41, 5.74) is 0.890. The van der Waals surface area contributed by atoms with Crippen molar-refractivity contribution in [3.05, 3.63) is 107 Å². The molecule has 196 valence electrons. The first-order valence-corrected chi connectivity index (χ1v) is 12.5. The van der Waals surface area contributed by atoms with Gasteiger partial charge in [0.2, 0.25) is 0 Å². The van der Waals surface area contributed by atoms with Gasteiger partial charge in [-0.05, 0) is 43.7 Å². The van der Waals surface area contributed by atoms with Gasteiger partial charge in [0.05, 0.1) is 46.0 Å². The zero-order valence-corrected chi connectivity index (χ0v) is 21.8. The summed E-state index contributed by atoms with van der Waals surface area (Å²) >= 11 is 1.08. The standard InChI is InChI=1S/C27H25N3O7S/c1-5-13-37-20-12-11-18(14-21(20)35-4)24-23(26(32)36-6-2)16(3)28-27-29(24)25(31)22(38-27)15-17-9-7-8-10-19(17)30(33)34/h5,7-12,14-15,24H,1,6,13H2,2-4H3/b22-15-. The van der Waals surface area contributed by atoms with Crippen molar-refractivity contribution in [2.75, 3.05) is 20.3 Å². The fourth-order valence-electron chi connectivity index (χ4n) is 4.15. The Hall–Kier alpha value is -4.51. The summed E-state index contributed by atoms with van der Waals surface area (Å²) in [6, 6.07) is 10.4. The lowest BCUT2D eigenvalue weighted by molar-refractivity contribution is -0.385. The predicted molar refractivity (Wildman–Crippen MR) is 142 cm³/mol. The molecule has 0 saturated heterocycles. The second-order valence-corrected chi connectivity index (χ2v) is 9.14. The summed E-state index contributed by atoms with van der Waals surface area (Å²) in [5, 5.41) is 11.5. The summed E-state index contributed by atoms with van der Waals surface area (Å²) < 4.78 is 18.1. The van der Waals surface area contributed by atoms with Crippen LogP contribution in [0.15, 0.2) is 76.2 Å². The van der Waals surface area contributed by atoms with Gasteiger partial charge in [-0.1, -0.05) is 42.2 Å². The molecule has 0 aliphatic carbocycles. The summed E-state index contributed by atoms with van der Waals surface area (Å²) in [6.45, 7) is 7.43. The molecule has 0 N–H and O–H groups in total. The number of esters is 1. The molecule has 0 amide bonds. The highest BCUT2D eigenvalue weighted by molar-refractivity contribution is 7.07. The van der Waals surface area contributed by atoms with Crippen molar-refractivity contribution in [3.63, 3.8) is 0 Å². The van der Waals surface area contributed by atoms with Crippen LogP contribution in [0.5, 0.6) is 11.5 Å². The van der Waals surface area contributed by atoms with Gasteiger partial charge in [0.1, 0.15) is 6.61 Å². The van der Waals surface area contributed by atoms with Crippen molar-refractivity contribution in [3.8, 4) is 11.5 Å². The Labute approximate surface area is 221 Å². The van der Waals surface area contributed by atoms with E-state index in [0.29, 0.717) is 27.6 Å². The van der Waals surface area contributed by atoms with E-state index >= 15 is 0 Å². The first-order chi connectivity index (χ1) is 18.3. The predicted octanol–water partition coefficient (Wildman–Crippen LogP) is 3.28. The number of aromatic nitrogens is 1. The molecule has 2 heterocycles. The van der Waals surface area contributed by atoms with E-state index in [4.69, 9.17) is 14.2 Å². The van der Waals surface area contributed by atoms with Crippen LogP contribution < -0.4 is 24.4 Å². The van der Waals surface area contributed by atoms with Crippen LogP contribution in [0.1, 0.15) is 31.0 Å². The molecular weight excluding hydrogens is 510 g/mol. The molecule has 3 aromatic rings. The van der Waals surface area contributed by atoms with Crippen molar-refractivity contribution in [1.82, 2.24) is 4.57 Å². The van der Waals surface area contributed by atoms with Gasteiger partial charge in [0.25, 0.3) is 11.2 Å². The van der Waals surface area contributed by atoms with Crippen LogP contribution in [0.4, 0.5) is 5.69 Å². The number of hydrogen-bond donors (Lipinski definition) is 0. The first kappa shape index (κ1) is 26.6. The van der Waals surface area contributed by atoms with Crippen LogP contribution in [0.2, 0.25) is 0 Å². The normalized spacial score (nSPS) is 14.9. The van der Waals surface area contributed by atoms with E-state index in [0.717, 1.165) is 11.3 Å². The number of nitrogens with zero attached hydrogens (tertiary/aromatic N) is 3. The van der Waals surface area contributed by atoms with E-state index in [2.05, 4.69) is 11.6 Å². The molecule has 1 aliphatic heterocycles.